The Balaban J connectivity index is 1.77. The Bertz CT molecular complexity index is 756. The SMILES string of the molecule is COc1ccc(F)cc1C(=O)CSc1nnc(C(C)C)n1C1CC1. The third-order valence-corrected chi connectivity index (χ3v) is 4.86. The van der Waals surface area contributed by atoms with E-state index >= 15 is 0 Å². The standard InChI is InChI=1S/C17H20FN3O2S/c1-10(2)16-19-20-17(21(16)12-5-6-12)24-9-14(22)13-8-11(18)4-7-15(13)23-3/h4,7-8,10,12H,5-6,9H2,1-3H3. The summed E-state index contributed by atoms with van der Waals surface area (Å²) in [7, 11) is 1.47. The molecule has 1 heterocycles. The second kappa shape index (κ2) is 6.93. The van der Waals surface area contributed by atoms with E-state index in [0.717, 1.165) is 23.8 Å². The van der Waals surface area contributed by atoms with E-state index in [-0.39, 0.29) is 23.0 Å². The van der Waals surface area contributed by atoms with Crippen molar-refractivity contribution in [3.8, 4) is 5.75 Å². The molecule has 0 unspecified atom stereocenters. The summed E-state index contributed by atoms with van der Waals surface area (Å²) in [5.74, 6) is 1.15. The van der Waals surface area contributed by atoms with Crippen LogP contribution in [0.15, 0.2) is 23.4 Å². The van der Waals surface area contributed by atoms with Crippen LogP contribution in [0.3, 0.4) is 0 Å². The minimum atomic E-state index is -0.451. The highest BCUT2D eigenvalue weighted by Crippen LogP contribution is 2.40. The average Bonchev–Trinajstić information content (AvgIpc) is 3.31. The van der Waals surface area contributed by atoms with Crippen LogP contribution in [0.2, 0.25) is 0 Å². The van der Waals surface area contributed by atoms with Gasteiger partial charge in [0, 0.05) is 12.0 Å². The molecule has 0 bridgehead atoms. The number of hydrogen-bond donors (Lipinski definition) is 0. The summed E-state index contributed by atoms with van der Waals surface area (Å²) >= 11 is 1.34. The first-order chi connectivity index (χ1) is 11.5. The van der Waals surface area contributed by atoms with Crippen LogP contribution < -0.4 is 4.74 Å². The van der Waals surface area contributed by atoms with Gasteiger partial charge in [-0.05, 0) is 31.0 Å². The molecule has 0 N–H and O–H groups in total. The fourth-order valence-electron chi connectivity index (χ4n) is 2.56. The Labute approximate surface area is 144 Å². The van der Waals surface area contributed by atoms with Crippen LogP contribution in [0.1, 0.15) is 54.8 Å². The molecular formula is C17H20FN3O2S. The molecule has 2 aromatic rings. The Morgan fingerprint density at radius 3 is 2.79 bits per heavy atom. The number of nitrogens with zero attached hydrogens (tertiary/aromatic N) is 3. The first-order valence-electron chi connectivity index (χ1n) is 7.95. The van der Waals surface area contributed by atoms with Crippen molar-refractivity contribution in [3.63, 3.8) is 0 Å². The van der Waals surface area contributed by atoms with Crippen molar-refractivity contribution in [1.82, 2.24) is 14.8 Å². The van der Waals surface area contributed by atoms with Crippen molar-refractivity contribution in [2.45, 2.75) is 43.8 Å². The highest BCUT2D eigenvalue weighted by Gasteiger charge is 2.30. The van der Waals surface area contributed by atoms with E-state index < -0.39 is 5.82 Å². The summed E-state index contributed by atoms with van der Waals surface area (Å²) in [5, 5.41) is 9.27. The topological polar surface area (TPSA) is 57.0 Å². The molecule has 1 aliphatic carbocycles. The van der Waals surface area contributed by atoms with E-state index in [2.05, 4.69) is 28.6 Å². The van der Waals surface area contributed by atoms with Gasteiger partial charge in [0.25, 0.3) is 0 Å². The van der Waals surface area contributed by atoms with Crippen molar-refractivity contribution in [2.24, 2.45) is 0 Å². The normalized spacial score (nSPS) is 14.2. The molecular weight excluding hydrogens is 329 g/mol. The number of ketones is 1. The molecule has 0 amide bonds. The van der Waals surface area contributed by atoms with Crippen LogP contribution >= 0.6 is 11.8 Å². The Morgan fingerprint density at radius 1 is 1.42 bits per heavy atom. The molecule has 24 heavy (non-hydrogen) atoms. The third kappa shape index (κ3) is 3.45. The smallest absolute Gasteiger partial charge is 0.191 e. The van der Waals surface area contributed by atoms with Crippen LogP contribution in [0.25, 0.3) is 0 Å². The van der Waals surface area contributed by atoms with Gasteiger partial charge in [-0.1, -0.05) is 25.6 Å². The molecule has 128 valence electrons. The van der Waals surface area contributed by atoms with E-state index in [4.69, 9.17) is 4.74 Å². The summed E-state index contributed by atoms with van der Waals surface area (Å²) in [6, 6.07) is 4.41. The third-order valence-electron chi connectivity index (χ3n) is 3.91. The number of hydrogen-bond acceptors (Lipinski definition) is 5. The van der Waals surface area contributed by atoms with E-state index in [1.165, 1.54) is 37.1 Å². The molecule has 0 atom stereocenters. The maximum absolute atomic E-state index is 13.4. The number of carbonyl (C=O) groups is 1. The first kappa shape index (κ1) is 17.0. The molecule has 0 radical (unpaired) electrons. The second-order valence-electron chi connectivity index (χ2n) is 6.15. The molecule has 1 fully saturated rings. The van der Waals surface area contributed by atoms with E-state index in [1.807, 2.05) is 0 Å². The summed E-state index contributed by atoms with van der Waals surface area (Å²) in [6.45, 7) is 4.17. The highest BCUT2D eigenvalue weighted by molar-refractivity contribution is 7.99. The number of halogens is 1. The quantitative estimate of drug-likeness (QED) is 0.561. The fraction of sp³-hybridized carbons (Fsp3) is 0.471. The molecule has 1 aromatic carbocycles. The molecule has 3 rings (SSSR count). The number of ether oxygens (including phenoxy) is 1. The van der Waals surface area contributed by atoms with Gasteiger partial charge in [0.1, 0.15) is 17.4 Å². The number of carbonyl (C=O) groups excluding carboxylic acids is 1. The van der Waals surface area contributed by atoms with Gasteiger partial charge in [-0.2, -0.15) is 0 Å². The lowest BCUT2D eigenvalue weighted by atomic mass is 10.1. The summed E-state index contributed by atoms with van der Waals surface area (Å²) in [5.41, 5.74) is 0.256. The maximum atomic E-state index is 13.4. The Hall–Kier alpha value is -1.89. The predicted molar refractivity (Wildman–Crippen MR) is 90.4 cm³/mol. The van der Waals surface area contributed by atoms with Crippen molar-refractivity contribution >= 4 is 17.5 Å². The van der Waals surface area contributed by atoms with Crippen molar-refractivity contribution in [3.05, 3.63) is 35.4 Å². The minimum Gasteiger partial charge on any atom is -0.496 e. The van der Waals surface area contributed by atoms with Gasteiger partial charge in [-0.3, -0.25) is 4.79 Å². The highest BCUT2D eigenvalue weighted by atomic mass is 32.2. The van der Waals surface area contributed by atoms with Crippen LogP contribution in [0.4, 0.5) is 4.39 Å². The molecule has 0 spiro atoms. The van der Waals surface area contributed by atoms with Crippen molar-refractivity contribution in [1.29, 1.82) is 0 Å². The molecule has 5 nitrogen and oxygen atoms in total. The monoisotopic (exact) mass is 349 g/mol. The molecule has 1 aliphatic rings. The lowest BCUT2D eigenvalue weighted by Gasteiger charge is -2.11. The maximum Gasteiger partial charge on any atom is 0.191 e. The van der Waals surface area contributed by atoms with Gasteiger partial charge in [0.2, 0.25) is 0 Å². The van der Waals surface area contributed by atoms with Crippen LogP contribution in [0, 0.1) is 5.82 Å². The summed E-state index contributed by atoms with van der Waals surface area (Å²) in [4.78, 5) is 12.5. The molecule has 1 aromatic heterocycles. The zero-order valence-electron chi connectivity index (χ0n) is 14.0. The van der Waals surface area contributed by atoms with Gasteiger partial charge in [-0.15, -0.1) is 10.2 Å². The molecule has 7 heteroatoms. The second-order valence-corrected chi connectivity index (χ2v) is 7.10. The molecule has 0 aliphatic heterocycles. The van der Waals surface area contributed by atoms with Crippen molar-refractivity contribution < 1.29 is 13.9 Å². The van der Waals surface area contributed by atoms with Crippen LogP contribution in [-0.4, -0.2) is 33.4 Å². The van der Waals surface area contributed by atoms with Gasteiger partial charge >= 0.3 is 0 Å². The fourth-order valence-corrected chi connectivity index (χ4v) is 3.46. The predicted octanol–water partition coefficient (Wildman–Crippen LogP) is 3.86. The number of aromatic nitrogens is 3. The van der Waals surface area contributed by atoms with E-state index in [0.29, 0.717) is 11.8 Å². The zero-order valence-corrected chi connectivity index (χ0v) is 14.8. The number of benzene rings is 1. The summed E-state index contributed by atoms with van der Waals surface area (Å²) in [6.07, 6.45) is 2.24. The molecule has 0 saturated heterocycles. The van der Waals surface area contributed by atoms with E-state index in [1.54, 1.807) is 0 Å². The number of rotatable bonds is 7. The van der Waals surface area contributed by atoms with Crippen molar-refractivity contribution in [2.75, 3.05) is 12.9 Å². The van der Waals surface area contributed by atoms with E-state index in [9.17, 15) is 9.18 Å². The van der Waals surface area contributed by atoms with Gasteiger partial charge < -0.3 is 9.30 Å². The van der Waals surface area contributed by atoms with Crippen LogP contribution in [-0.2, 0) is 0 Å². The number of Topliss-reactive ketones (excluding diaryl/α,β-unsaturated/α-hetero) is 1. The largest absolute Gasteiger partial charge is 0.496 e. The first-order valence-corrected chi connectivity index (χ1v) is 8.94. The summed E-state index contributed by atoms with van der Waals surface area (Å²) < 4.78 is 20.7. The lowest BCUT2D eigenvalue weighted by molar-refractivity contribution is 0.101. The minimum absolute atomic E-state index is 0.169. The average molecular weight is 349 g/mol. The van der Waals surface area contributed by atoms with Gasteiger partial charge in [-0.25, -0.2) is 4.39 Å². The Kier molecular flexibility index (Phi) is 4.89. The number of methoxy groups -OCH3 is 1. The lowest BCUT2D eigenvalue weighted by Crippen LogP contribution is -2.08. The Morgan fingerprint density at radius 2 is 2.17 bits per heavy atom. The van der Waals surface area contributed by atoms with Gasteiger partial charge in [0.15, 0.2) is 10.9 Å². The van der Waals surface area contributed by atoms with Gasteiger partial charge in [0.05, 0.1) is 18.4 Å². The number of thioether (sulfide) groups is 1. The van der Waals surface area contributed by atoms with Crippen LogP contribution in [0.5, 0.6) is 5.75 Å². The molecule has 1 saturated carbocycles. The zero-order chi connectivity index (χ0) is 17.3.